The van der Waals surface area contributed by atoms with E-state index in [-0.39, 0.29) is 30.6 Å². The van der Waals surface area contributed by atoms with E-state index in [0.717, 1.165) is 92.3 Å². The number of ether oxygens (including phenoxy) is 2. The highest BCUT2D eigenvalue weighted by atomic mass is 16.6. The number of aromatic nitrogens is 4. The van der Waals surface area contributed by atoms with Crippen molar-refractivity contribution in [3.05, 3.63) is 84.6 Å². The quantitative estimate of drug-likeness (QED) is 0.159. The molecular formula is C41H43N7O5. The number of hydrogen-bond acceptors (Lipinski definition) is 7. The van der Waals surface area contributed by atoms with Crippen LogP contribution in [0.1, 0.15) is 70.2 Å². The van der Waals surface area contributed by atoms with Gasteiger partial charge in [0.1, 0.15) is 23.8 Å². The number of aromatic amines is 2. The van der Waals surface area contributed by atoms with Crippen LogP contribution in [-0.4, -0.2) is 80.2 Å². The number of carbonyl (C=O) groups is 3. The smallest absolute Gasteiger partial charge is 0.410 e. The number of benzene rings is 4. The van der Waals surface area contributed by atoms with Crippen LogP contribution in [0.15, 0.2) is 72.9 Å². The van der Waals surface area contributed by atoms with Crippen molar-refractivity contribution >= 4 is 50.7 Å². The van der Waals surface area contributed by atoms with Crippen molar-refractivity contribution in [3.63, 3.8) is 0 Å². The lowest BCUT2D eigenvalue weighted by molar-refractivity contribution is -0.131. The first-order chi connectivity index (χ1) is 25.5. The van der Waals surface area contributed by atoms with Crippen molar-refractivity contribution in [3.8, 4) is 22.4 Å². The van der Waals surface area contributed by atoms with E-state index in [1.54, 1.807) is 9.80 Å². The Labute approximate surface area is 306 Å². The Bertz CT molecular complexity index is 2370. The Morgan fingerprint density at radius 3 is 2.19 bits per heavy atom. The zero-order chi connectivity index (χ0) is 36.9. The number of hydrogen-bond donors (Lipinski definition) is 3. The number of H-pyrrole nitrogens is 2. The van der Waals surface area contributed by atoms with Gasteiger partial charge in [-0.3, -0.25) is 9.69 Å². The molecule has 3 N–H and O–H groups in total. The van der Waals surface area contributed by atoms with Crippen molar-refractivity contribution in [1.82, 2.24) is 35.1 Å². The number of nitrogens with one attached hydrogen (secondary N) is 3. The summed E-state index contributed by atoms with van der Waals surface area (Å²) in [6.07, 6.45) is 4.33. The molecule has 2 aliphatic rings. The Hall–Kier alpha value is -5.91. The monoisotopic (exact) mass is 713 g/mol. The van der Waals surface area contributed by atoms with E-state index in [0.29, 0.717) is 13.1 Å². The normalized spacial score (nSPS) is 17.6. The summed E-state index contributed by atoms with van der Waals surface area (Å²) in [6, 6.07) is 23.2. The molecule has 0 spiro atoms. The molecule has 0 aliphatic carbocycles. The zero-order valence-corrected chi connectivity index (χ0v) is 30.4. The van der Waals surface area contributed by atoms with Crippen LogP contribution in [0, 0.1) is 0 Å². The van der Waals surface area contributed by atoms with Crippen LogP contribution in [0.5, 0.6) is 0 Å². The summed E-state index contributed by atoms with van der Waals surface area (Å²) in [5, 5.41) is 6.88. The van der Waals surface area contributed by atoms with E-state index >= 15 is 0 Å². The fourth-order valence-electron chi connectivity index (χ4n) is 7.67. The van der Waals surface area contributed by atoms with Gasteiger partial charge in [-0.2, -0.15) is 0 Å². The van der Waals surface area contributed by atoms with Gasteiger partial charge in [0.05, 0.1) is 42.1 Å². The SMILES string of the molecule is COC(=O)NCC(=O)N1CCC[C@H]1c1nc2ccc3cc(-c4ccc5cc(-c6cnc([C@@H]7CCCN7C(=O)OC(C)(C)C)[nH]6)ccc5c4)ccc3c2[nH]1. The van der Waals surface area contributed by atoms with Gasteiger partial charge in [0.2, 0.25) is 5.91 Å². The lowest BCUT2D eigenvalue weighted by Crippen LogP contribution is -2.40. The van der Waals surface area contributed by atoms with E-state index < -0.39 is 11.7 Å². The highest BCUT2D eigenvalue weighted by molar-refractivity contribution is 6.05. The molecule has 12 nitrogen and oxygen atoms in total. The van der Waals surface area contributed by atoms with Gasteiger partial charge in [-0.1, -0.05) is 42.5 Å². The minimum absolute atomic E-state index is 0.117. The fourth-order valence-corrected chi connectivity index (χ4v) is 7.67. The molecule has 53 heavy (non-hydrogen) atoms. The van der Waals surface area contributed by atoms with E-state index in [1.165, 1.54) is 7.11 Å². The third-order valence-electron chi connectivity index (χ3n) is 10.2. The summed E-state index contributed by atoms with van der Waals surface area (Å²) in [6.45, 7) is 6.80. The second-order valence-electron chi connectivity index (χ2n) is 14.9. The van der Waals surface area contributed by atoms with Gasteiger partial charge >= 0.3 is 12.2 Å². The van der Waals surface area contributed by atoms with Crippen molar-refractivity contribution in [2.24, 2.45) is 0 Å². The maximum atomic E-state index is 12.9. The lowest BCUT2D eigenvalue weighted by Gasteiger charge is -2.27. The molecule has 0 unspecified atom stereocenters. The zero-order valence-electron chi connectivity index (χ0n) is 30.4. The fraction of sp³-hybridized carbons (Fsp3) is 0.341. The number of rotatable bonds is 6. The Morgan fingerprint density at radius 2 is 1.45 bits per heavy atom. The van der Waals surface area contributed by atoms with Gasteiger partial charge in [-0.15, -0.1) is 0 Å². The van der Waals surface area contributed by atoms with E-state index in [1.807, 2.05) is 33.0 Å². The van der Waals surface area contributed by atoms with Gasteiger partial charge in [-0.05, 0) is 98.0 Å². The highest BCUT2D eigenvalue weighted by Gasteiger charge is 2.35. The molecule has 8 rings (SSSR count). The summed E-state index contributed by atoms with van der Waals surface area (Å²) in [4.78, 5) is 57.4. The van der Waals surface area contributed by atoms with Crippen molar-refractivity contribution in [1.29, 1.82) is 0 Å². The van der Waals surface area contributed by atoms with Crippen LogP contribution in [0.2, 0.25) is 0 Å². The van der Waals surface area contributed by atoms with E-state index in [4.69, 9.17) is 9.72 Å². The number of imidazole rings is 2. The predicted molar refractivity (Wildman–Crippen MR) is 203 cm³/mol. The summed E-state index contributed by atoms with van der Waals surface area (Å²) in [5.74, 6) is 1.36. The van der Waals surface area contributed by atoms with Crippen LogP contribution in [0.25, 0.3) is 55.0 Å². The molecule has 4 aromatic carbocycles. The maximum absolute atomic E-state index is 12.9. The van der Waals surface area contributed by atoms with Crippen LogP contribution in [-0.2, 0) is 14.3 Å². The molecule has 12 heteroatoms. The average Bonchev–Trinajstić information content (AvgIpc) is 3.98. The third-order valence-corrected chi connectivity index (χ3v) is 10.2. The van der Waals surface area contributed by atoms with Gasteiger partial charge in [-0.25, -0.2) is 19.6 Å². The standard InChI is InChI=1S/C41H43N7O5/c1-41(2,3)53-40(51)48-18-6-7-33(48)37-42-22-32(45-37)29-12-11-25-19-24(9-10-26(25)21-29)27-13-15-30-28(20-27)14-16-31-36(30)46-38(44-31)34-8-5-17-47(34)35(49)23-43-39(50)52-4/h9-16,19-22,33-34H,5-8,17-18,23H2,1-4H3,(H,42,45)(H,43,50)(H,44,46)/t33-,34-/m0/s1. The van der Waals surface area contributed by atoms with Crippen molar-refractivity contribution < 1.29 is 23.9 Å². The van der Waals surface area contributed by atoms with Gasteiger partial charge in [0.25, 0.3) is 0 Å². The molecule has 0 radical (unpaired) electrons. The van der Waals surface area contributed by atoms with Crippen LogP contribution in [0.3, 0.4) is 0 Å². The van der Waals surface area contributed by atoms with Crippen LogP contribution >= 0.6 is 0 Å². The van der Waals surface area contributed by atoms with Crippen LogP contribution < -0.4 is 5.32 Å². The molecule has 272 valence electrons. The summed E-state index contributed by atoms with van der Waals surface area (Å²) < 4.78 is 10.3. The van der Waals surface area contributed by atoms with Crippen molar-refractivity contribution in [2.45, 2.75) is 64.1 Å². The lowest BCUT2D eigenvalue weighted by atomic mass is 9.97. The highest BCUT2D eigenvalue weighted by Crippen LogP contribution is 2.36. The molecule has 2 aromatic heterocycles. The minimum Gasteiger partial charge on any atom is -0.453 e. The topological polar surface area (TPSA) is 146 Å². The number of carbonyl (C=O) groups excluding carboxylic acids is 3. The van der Waals surface area contributed by atoms with Gasteiger partial charge in [0, 0.05) is 24.0 Å². The molecule has 3 amide bonds. The first-order valence-electron chi connectivity index (χ1n) is 18.2. The van der Waals surface area contributed by atoms with Gasteiger partial charge in [0.15, 0.2) is 0 Å². The molecule has 0 saturated carbocycles. The molecule has 0 bridgehead atoms. The summed E-state index contributed by atoms with van der Waals surface area (Å²) in [5.41, 5.74) is 5.40. The minimum atomic E-state index is -0.628. The maximum Gasteiger partial charge on any atom is 0.410 e. The third kappa shape index (κ3) is 6.76. The largest absolute Gasteiger partial charge is 0.453 e. The number of methoxy groups -OCH3 is 1. The average molecular weight is 714 g/mol. The second kappa shape index (κ2) is 13.6. The summed E-state index contributed by atoms with van der Waals surface area (Å²) in [7, 11) is 1.28. The Balaban J connectivity index is 1.00. The molecule has 2 fully saturated rings. The number of nitrogens with zero attached hydrogens (tertiary/aromatic N) is 4. The Kier molecular flexibility index (Phi) is 8.76. The van der Waals surface area contributed by atoms with Crippen LogP contribution in [0.4, 0.5) is 9.59 Å². The summed E-state index contributed by atoms with van der Waals surface area (Å²) >= 11 is 0. The number of alkyl carbamates (subject to hydrolysis) is 1. The number of fused-ring (bicyclic) bond motifs is 4. The second-order valence-corrected chi connectivity index (χ2v) is 14.9. The number of amides is 3. The molecule has 6 aromatic rings. The predicted octanol–water partition coefficient (Wildman–Crippen LogP) is 8.02. The molecule has 2 saturated heterocycles. The van der Waals surface area contributed by atoms with Gasteiger partial charge < -0.3 is 29.7 Å². The number of likely N-dealkylation sites (tertiary alicyclic amines) is 2. The first kappa shape index (κ1) is 34.2. The van der Waals surface area contributed by atoms with Crippen molar-refractivity contribution in [2.75, 3.05) is 26.7 Å². The molecule has 2 atom stereocenters. The van der Waals surface area contributed by atoms with E-state index in [2.05, 4.69) is 85.7 Å². The Morgan fingerprint density at radius 1 is 0.811 bits per heavy atom. The molecular weight excluding hydrogens is 670 g/mol. The first-order valence-corrected chi connectivity index (χ1v) is 18.2. The molecule has 4 heterocycles. The molecule has 2 aliphatic heterocycles. The van der Waals surface area contributed by atoms with E-state index in [9.17, 15) is 14.4 Å².